The van der Waals surface area contributed by atoms with Crippen molar-refractivity contribution in [3.8, 4) is 5.75 Å². The van der Waals surface area contributed by atoms with E-state index in [-0.39, 0.29) is 21.5 Å². The maximum atomic E-state index is 12.1. The van der Waals surface area contributed by atoms with Crippen molar-refractivity contribution < 1.29 is 13.2 Å². The molecule has 5 nitrogen and oxygen atoms in total. The summed E-state index contributed by atoms with van der Waals surface area (Å²) >= 11 is 11.8. The fourth-order valence-corrected chi connectivity index (χ4v) is 3.30. The number of hydrogen-bond acceptors (Lipinski definition) is 4. The molecule has 0 heterocycles. The van der Waals surface area contributed by atoms with Crippen LogP contribution in [0, 0.1) is 0 Å². The van der Waals surface area contributed by atoms with Crippen LogP contribution >= 0.6 is 23.2 Å². The number of methoxy groups -OCH3 is 1. The van der Waals surface area contributed by atoms with Crippen LogP contribution in [0.4, 0.5) is 0 Å². The Morgan fingerprint density at radius 1 is 1.32 bits per heavy atom. The van der Waals surface area contributed by atoms with Gasteiger partial charge in [-0.25, -0.2) is 13.1 Å². The molecule has 0 aliphatic carbocycles. The lowest BCUT2D eigenvalue weighted by Gasteiger charge is -2.19. The molecule has 0 aliphatic heterocycles. The van der Waals surface area contributed by atoms with Gasteiger partial charge in [0.25, 0.3) is 0 Å². The number of sulfonamides is 1. The minimum Gasteiger partial charge on any atom is -0.495 e. The molecule has 8 heteroatoms. The molecule has 0 aromatic heterocycles. The summed E-state index contributed by atoms with van der Waals surface area (Å²) in [6.45, 7) is 3.49. The Bertz CT molecular complexity index is 568. The van der Waals surface area contributed by atoms with Crippen LogP contribution < -0.4 is 15.2 Å². The standard InChI is InChI=1S/C11H16Cl2N2O3S/c1-11(2,14)6-15-19(16,17)10-5-7(12)9(18-3)4-8(10)13/h4-5,15H,6,14H2,1-3H3. The Morgan fingerprint density at radius 2 is 1.89 bits per heavy atom. The molecular weight excluding hydrogens is 311 g/mol. The van der Waals surface area contributed by atoms with E-state index in [2.05, 4.69) is 4.72 Å². The summed E-state index contributed by atoms with van der Waals surface area (Å²) in [5.74, 6) is 0.310. The lowest BCUT2D eigenvalue weighted by atomic mass is 10.1. The van der Waals surface area contributed by atoms with E-state index in [1.54, 1.807) is 13.8 Å². The molecule has 19 heavy (non-hydrogen) atoms. The minimum atomic E-state index is -3.77. The van der Waals surface area contributed by atoms with Crippen molar-refractivity contribution in [2.45, 2.75) is 24.3 Å². The van der Waals surface area contributed by atoms with Gasteiger partial charge in [-0.2, -0.15) is 0 Å². The van der Waals surface area contributed by atoms with Crippen LogP contribution in [0.15, 0.2) is 17.0 Å². The van der Waals surface area contributed by atoms with Gasteiger partial charge in [0.05, 0.1) is 17.2 Å². The van der Waals surface area contributed by atoms with E-state index in [0.717, 1.165) is 0 Å². The second-order valence-electron chi connectivity index (χ2n) is 4.73. The smallest absolute Gasteiger partial charge is 0.242 e. The SMILES string of the molecule is COc1cc(Cl)c(S(=O)(=O)NCC(C)(C)N)cc1Cl. The van der Waals surface area contributed by atoms with Crippen LogP contribution in [0.2, 0.25) is 10.0 Å². The fraction of sp³-hybridized carbons (Fsp3) is 0.455. The van der Waals surface area contributed by atoms with Crippen molar-refractivity contribution in [3.63, 3.8) is 0 Å². The maximum absolute atomic E-state index is 12.1. The predicted molar refractivity (Wildman–Crippen MR) is 76.5 cm³/mol. The Morgan fingerprint density at radius 3 is 2.37 bits per heavy atom. The van der Waals surface area contributed by atoms with E-state index >= 15 is 0 Å². The van der Waals surface area contributed by atoms with Crippen molar-refractivity contribution >= 4 is 33.2 Å². The molecule has 0 unspecified atom stereocenters. The highest BCUT2D eigenvalue weighted by molar-refractivity contribution is 7.89. The van der Waals surface area contributed by atoms with Gasteiger partial charge in [-0.05, 0) is 19.9 Å². The first-order valence-corrected chi connectivity index (χ1v) is 7.62. The molecule has 0 radical (unpaired) electrons. The molecule has 1 aromatic carbocycles. The van der Waals surface area contributed by atoms with Gasteiger partial charge >= 0.3 is 0 Å². The first kappa shape index (κ1) is 16.5. The van der Waals surface area contributed by atoms with Crippen LogP contribution in [0.1, 0.15) is 13.8 Å². The third-order valence-corrected chi connectivity index (χ3v) is 4.37. The maximum Gasteiger partial charge on any atom is 0.242 e. The van der Waals surface area contributed by atoms with Gasteiger partial charge in [0, 0.05) is 18.2 Å². The van der Waals surface area contributed by atoms with Gasteiger partial charge in [0.1, 0.15) is 10.6 Å². The van der Waals surface area contributed by atoms with Crippen molar-refractivity contribution in [1.29, 1.82) is 0 Å². The topological polar surface area (TPSA) is 81.4 Å². The second kappa shape index (κ2) is 5.85. The summed E-state index contributed by atoms with van der Waals surface area (Å²) < 4.78 is 31.5. The normalized spacial score (nSPS) is 12.5. The average Bonchev–Trinajstić information content (AvgIpc) is 2.28. The van der Waals surface area contributed by atoms with E-state index in [9.17, 15) is 8.42 Å². The van der Waals surface area contributed by atoms with Crippen molar-refractivity contribution in [3.05, 3.63) is 22.2 Å². The number of nitrogens with two attached hydrogens (primary N) is 1. The van der Waals surface area contributed by atoms with Crippen molar-refractivity contribution in [1.82, 2.24) is 4.72 Å². The molecule has 0 saturated heterocycles. The lowest BCUT2D eigenvalue weighted by Crippen LogP contribution is -2.45. The van der Waals surface area contributed by atoms with Gasteiger partial charge in [-0.15, -0.1) is 0 Å². The van der Waals surface area contributed by atoms with E-state index in [4.69, 9.17) is 33.7 Å². The molecule has 0 atom stereocenters. The highest BCUT2D eigenvalue weighted by atomic mass is 35.5. The number of benzene rings is 1. The summed E-state index contributed by atoms with van der Waals surface area (Å²) in [6.07, 6.45) is 0. The summed E-state index contributed by atoms with van der Waals surface area (Å²) in [7, 11) is -2.36. The zero-order valence-electron chi connectivity index (χ0n) is 10.8. The van der Waals surface area contributed by atoms with Crippen LogP contribution in [-0.4, -0.2) is 27.6 Å². The third kappa shape index (κ3) is 4.50. The number of hydrogen-bond donors (Lipinski definition) is 2. The van der Waals surface area contributed by atoms with Gasteiger partial charge in [-0.1, -0.05) is 23.2 Å². The number of halogens is 2. The highest BCUT2D eigenvalue weighted by Gasteiger charge is 2.22. The van der Waals surface area contributed by atoms with E-state index in [1.807, 2.05) is 0 Å². The predicted octanol–water partition coefficient (Wildman–Crippen LogP) is 2.02. The minimum absolute atomic E-state index is 0.0311. The zero-order valence-corrected chi connectivity index (χ0v) is 13.2. The van der Waals surface area contributed by atoms with Gasteiger partial charge in [0.2, 0.25) is 10.0 Å². The molecule has 1 aromatic rings. The Labute approximate surface area is 123 Å². The van der Waals surface area contributed by atoms with Crippen LogP contribution in [0.25, 0.3) is 0 Å². The molecule has 1 rings (SSSR count). The quantitative estimate of drug-likeness (QED) is 0.867. The highest BCUT2D eigenvalue weighted by Crippen LogP contribution is 2.33. The van der Waals surface area contributed by atoms with Gasteiger partial charge < -0.3 is 10.5 Å². The number of ether oxygens (including phenoxy) is 1. The summed E-state index contributed by atoms with van der Waals surface area (Å²) in [6, 6.07) is 2.60. The lowest BCUT2D eigenvalue weighted by molar-refractivity contribution is 0.414. The molecule has 108 valence electrons. The Kier molecular flexibility index (Phi) is 5.08. The number of rotatable bonds is 5. The van der Waals surface area contributed by atoms with E-state index in [0.29, 0.717) is 5.75 Å². The Hall–Kier alpha value is -0.530. The second-order valence-corrected chi connectivity index (χ2v) is 7.28. The summed E-state index contributed by atoms with van der Waals surface area (Å²) in [4.78, 5) is -0.107. The fourth-order valence-electron chi connectivity index (χ4n) is 1.23. The van der Waals surface area contributed by atoms with E-state index < -0.39 is 15.6 Å². The summed E-state index contributed by atoms with van der Waals surface area (Å²) in [5.41, 5.74) is 5.06. The molecule has 0 spiro atoms. The van der Waals surface area contributed by atoms with Gasteiger partial charge in [-0.3, -0.25) is 0 Å². The Balaban J connectivity index is 3.12. The first-order chi connectivity index (χ1) is 8.57. The first-order valence-electron chi connectivity index (χ1n) is 5.38. The van der Waals surface area contributed by atoms with Crippen LogP contribution in [-0.2, 0) is 10.0 Å². The molecule has 0 amide bonds. The molecule has 0 aliphatic rings. The largest absolute Gasteiger partial charge is 0.495 e. The zero-order chi connectivity index (χ0) is 14.8. The van der Waals surface area contributed by atoms with Crippen molar-refractivity contribution in [2.75, 3.05) is 13.7 Å². The monoisotopic (exact) mass is 326 g/mol. The third-order valence-electron chi connectivity index (χ3n) is 2.21. The molecule has 3 N–H and O–H groups in total. The van der Waals surface area contributed by atoms with Gasteiger partial charge in [0.15, 0.2) is 0 Å². The molecule has 0 saturated carbocycles. The van der Waals surface area contributed by atoms with E-state index in [1.165, 1.54) is 19.2 Å². The molecular formula is C11H16Cl2N2O3S. The number of nitrogens with one attached hydrogen (secondary N) is 1. The average molecular weight is 327 g/mol. The molecule has 0 fully saturated rings. The van der Waals surface area contributed by atoms with Crippen LogP contribution in [0.3, 0.4) is 0 Å². The van der Waals surface area contributed by atoms with Crippen molar-refractivity contribution in [2.24, 2.45) is 5.73 Å². The summed E-state index contributed by atoms with van der Waals surface area (Å²) in [5, 5.41) is 0.197. The molecule has 0 bridgehead atoms. The van der Waals surface area contributed by atoms with Crippen LogP contribution in [0.5, 0.6) is 5.75 Å².